The lowest BCUT2D eigenvalue weighted by Crippen LogP contribution is -2.43. The fourth-order valence-corrected chi connectivity index (χ4v) is 3.58. The van der Waals surface area contributed by atoms with Crippen molar-refractivity contribution in [3.05, 3.63) is 65.0 Å². The number of amides is 2. The topological polar surface area (TPSA) is 90.4 Å². The number of hydrogen-bond donors (Lipinski definition) is 3. The van der Waals surface area contributed by atoms with Crippen LogP contribution in [0.4, 0.5) is 35.4 Å². The van der Waals surface area contributed by atoms with Crippen molar-refractivity contribution >= 4 is 23.5 Å². The quantitative estimate of drug-likeness (QED) is 0.528. The number of para-hydroxylation sites is 1. The van der Waals surface area contributed by atoms with Crippen LogP contribution in [-0.2, 0) is 6.54 Å². The summed E-state index contributed by atoms with van der Waals surface area (Å²) in [4.78, 5) is 22.6. The number of urea groups is 1. The molecule has 172 valence electrons. The van der Waals surface area contributed by atoms with E-state index in [1.807, 2.05) is 0 Å². The second-order valence-corrected chi connectivity index (χ2v) is 8.39. The number of carbonyl (C=O) groups is 1. The van der Waals surface area contributed by atoms with E-state index in [4.69, 9.17) is 0 Å². The maximum absolute atomic E-state index is 14.7. The first-order valence-corrected chi connectivity index (χ1v) is 10.2. The standard InChI is InChI=1S/C23H22F3N5O2/c1-12-9-13(24)7-8-14(12)18-15-10-27-22(33)31(19-16(25)5-4-6-17(19)26)20(15)29-21(28-18)30-23(2,3)11-32/h4-9,32H,10-11H2,1-3H3,(H,27,33)(H,28,29,30). The Labute approximate surface area is 188 Å². The van der Waals surface area contributed by atoms with E-state index in [9.17, 15) is 23.1 Å². The van der Waals surface area contributed by atoms with Crippen molar-refractivity contribution in [3.8, 4) is 11.3 Å². The fraction of sp³-hybridized carbons (Fsp3) is 0.261. The lowest BCUT2D eigenvalue weighted by molar-refractivity contribution is 0.233. The van der Waals surface area contributed by atoms with Crippen LogP contribution in [0.25, 0.3) is 11.3 Å². The van der Waals surface area contributed by atoms with Gasteiger partial charge < -0.3 is 15.7 Å². The summed E-state index contributed by atoms with van der Waals surface area (Å²) in [5.41, 5.74) is 0.473. The number of hydrogen-bond acceptors (Lipinski definition) is 5. The van der Waals surface area contributed by atoms with Crippen molar-refractivity contribution < 1.29 is 23.1 Å². The van der Waals surface area contributed by atoms with Crippen LogP contribution in [0.15, 0.2) is 36.4 Å². The molecule has 33 heavy (non-hydrogen) atoms. The van der Waals surface area contributed by atoms with Gasteiger partial charge >= 0.3 is 6.03 Å². The number of anilines is 3. The summed E-state index contributed by atoms with van der Waals surface area (Å²) in [5.74, 6) is -2.30. The lowest BCUT2D eigenvalue weighted by atomic mass is 10.00. The summed E-state index contributed by atoms with van der Waals surface area (Å²) < 4.78 is 43.1. The maximum atomic E-state index is 14.7. The summed E-state index contributed by atoms with van der Waals surface area (Å²) in [5, 5.41) is 15.2. The third-order valence-corrected chi connectivity index (χ3v) is 5.27. The molecule has 3 aromatic rings. The molecule has 0 saturated heterocycles. The van der Waals surface area contributed by atoms with Gasteiger partial charge in [0.05, 0.1) is 24.4 Å². The molecular weight excluding hydrogens is 435 g/mol. The summed E-state index contributed by atoms with van der Waals surface area (Å²) in [6, 6.07) is 6.67. The molecule has 1 aliphatic rings. The van der Waals surface area contributed by atoms with Gasteiger partial charge in [0.15, 0.2) is 5.82 Å². The van der Waals surface area contributed by atoms with Crippen LogP contribution in [0.5, 0.6) is 0 Å². The van der Waals surface area contributed by atoms with E-state index in [-0.39, 0.29) is 24.9 Å². The van der Waals surface area contributed by atoms with Gasteiger partial charge in [-0.05, 0) is 56.7 Å². The van der Waals surface area contributed by atoms with Gasteiger partial charge in [0.25, 0.3) is 0 Å². The Morgan fingerprint density at radius 2 is 1.85 bits per heavy atom. The third kappa shape index (κ3) is 4.21. The molecule has 0 radical (unpaired) electrons. The van der Waals surface area contributed by atoms with Crippen molar-refractivity contribution in [2.24, 2.45) is 0 Å². The Morgan fingerprint density at radius 3 is 2.48 bits per heavy atom. The number of aromatic nitrogens is 2. The van der Waals surface area contributed by atoms with E-state index in [0.29, 0.717) is 22.4 Å². The lowest BCUT2D eigenvalue weighted by Gasteiger charge is -2.32. The first-order chi connectivity index (χ1) is 15.6. The maximum Gasteiger partial charge on any atom is 0.328 e. The predicted octanol–water partition coefficient (Wildman–Crippen LogP) is 4.41. The second kappa shape index (κ2) is 8.36. The number of nitrogens with zero attached hydrogens (tertiary/aromatic N) is 3. The van der Waals surface area contributed by atoms with E-state index in [1.165, 1.54) is 18.2 Å². The van der Waals surface area contributed by atoms with E-state index < -0.39 is 34.7 Å². The van der Waals surface area contributed by atoms with E-state index in [1.54, 1.807) is 26.8 Å². The molecule has 0 saturated carbocycles. The second-order valence-electron chi connectivity index (χ2n) is 8.39. The van der Waals surface area contributed by atoms with Crippen molar-refractivity contribution in [3.63, 3.8) is 0 Å². The Morgan fingerprint density at radius 1 is 1.15 bits per heavy atom. The molecule has 0 aliphatic carbocycles. The molecule has 0 unspecified atom stereocenters. The molecule has 0 spiro atoms. The zero-order valence-corrected chi connectivity index (χ0v) is 18.2. The fourth-order valence-electron chi connectivity index (χ4n) is 3.58. The number of aryl methyl sites for hydroxylation is 1. The number of aliphatic hydroxyl groups excluding tert-OH is 1. The Hall–Kier alpha value is -3.66. The van der Waals surface area contributed by atoms with E-state index in [0.717, 1.165) is 17.0 Å². The average molecular weight is 457 g/mol. The van der Waals surface area contributed by atoms with Gasteiger partial charge in [-0.25, -0.2) is 27.8 Å². The minimum atomic E-state index is -0.943. The summed E-state index contributed by atoms with van der Waals surface area (Å²) in [6.45, 7) is 4.85. The van der Waals surface area contributed by atoms with Crippen LogP contribution >= 0.6 is 0 Å². The number of halogens is 3. The van der Waals surface area contributed by atoms with Crippen LogP contribution in [0.3, 0.4) is 0 Å². The molecule has 0 atom stereocenters. The Balaban J connectivity index is 2.00. The van der Waals surface area contributed by atoms with Gasteiger partial charge in [0, 0.05) is 11.1 Å². The van der Waals surface area contributed by atoms with Gasteiger partial charge in [-0.2, -0.15) is 4.98 Å². The molecule has 2 aromatic carbocycles. The summed E-state index contributed by atoms with van der Waals surface area (Å²) >= 11 is 0. The number of benzene rings is 2. The third-order valence-electron chi connectivity index (χ3n) is 5.27. The molecule has 3 N–H and O–H groups in total. The largest absolute Gasteiger partial charge is 0.394 e. The van der Waals surface area contributed by atoms with Gasteiger partial charge in [-0.15, -0.1) is 0 Å². The number of carbonyl (C=O) groups excluding carboxylic acids is 1. The van der Waals surface area contributed by atoms with Crippen LogP contribution in [0.1, 0.15) is 25.0 Å². The van der Waals surface area contributed by atoms with Crippen LogP contribution < -0.4 is 15.5 Å². The molecule has 1 aliphatic heterocycles. The number of fused-ring (bicyclic) bond motifs is 1. The zero-order chi connectivity index (χ0) is 23.9. The molecule has 0 fully saturated rings. The first-order valence-electron chi connectivity index (χ1n) is 10.2. The van der Waals surface area contributed by atoms with Gasteiger partial charge in [0.2, 0.25) is 5.95 Å². The molecule has 1 aromatic heterocycles. The summed E-state index contributed by atoms with van der Waals surface area (Å²) in [6.07, 6.45) is 0. The Kier molecular flexibility index (Phi) is 5.71. The van der Waals surface area contributed by atoms with Gasteiger partial charge in [-0.1, -0.05) is 6.07 Å². The number of aliphatic hydroxyl groups is 1. The zero-order valence-electron chi connectivity index (χ0n) is 18.2. The van der Waals surface area contributed by atoms with Crippen LogP contribution in [0, 0.1) is 24.4 Å². The van der Waals surface area contributed by atoms with Crippen LogP contribution in [-0.4, -0.2) is 33.3 Å². The highest BCUT2D eigenvalue weighted by Crippen LogP contribution is 2.39. The number of nitrogens with one attached hydrogen (secondary N) is 2. The van der Waals surface area contributed by atoms with Crippen molar-refractivity contribution in [2.45, 2.75) is 32.9 Å². The Bertz CT molecular complexity index is 1230. The van der Waals surface area contributed by atoms with Gasteiger partial charge in [-0.3, -0.25) is 0 Å². The molecular formula is C23H22F3N5O2. The number of rotatable bonds is 5. The smallest absolute Gasteiger partial charge is 0.328 e. The monoisotopic (exact) mass is 457 g/mol. The highest BCUT2D eigenvalue weighted by Gasteiger charge is 2.34. The molecule has 10 heteroatoms. The average Bonchev–Trinajstić information content (AvgIpc) is 2.74. The molecule has 2 amide bonds. The van der Waals surface area contributed by atoms with Crippen molar-refractivity contribution in [1.29, 1.82) is 0 Å². The predicted molar refractivity (Wildman–Crippen MR) is 118 cm³/mol. The van der Waals surface area contributed by atoms with E-state index in [2.05, 4.69) is 20.6 Å². The summed E-state index contributed by atoms with van der Waals surface area (Å²) in [7, 11) is 0. The van der Waals surface area contributed by atoms with Crippen molar-refractivity contribution in [1.82, 2.24) is 15.3 Å². The highest BCUT2D eigenvalue weighted by molar-refractivity contribution is 6.02. The molecule has 0 bridgehead atoms. The van der Waals surface area contributed by atoms with Crippen molar-refractivity contribution in [2.75, 3.05) is 16.8 Å². The first kappa shape index (κ1) is 22.5. The minimum Gasteiger partial charge on any atom is -0.394 e. The molecule has 4 rings (SSSR count). The van der Waals surface area contributed by atoms with Gasteiger partial charge in [0.1, 0.15) is 23.1 Å². The minimum absolute atomic E-state index is 0.00341. The van der Waals surface area contributed by atoms with E-state index >= 15 is 0 Å². The molecule has 7 nitrogen and oxygen atoms in total. The normalized spacial score (nSPS) is 13.5. The molecule has 2 heterocycles. The van der Waals surface area contributed by atoms with Crippen LogP contribution in [0.2, 0.25) is 0 Å². The SMILES string of the molecule is Cc1cc(F)ccc1-c1nc(NC(C)(C)CO)nc2c1CNC(=O)N2c1c(F)cccc1F. The highest BCUT2D eigenvalue weighted by atomic mass is 19.1.